The third-order valence-corrected chi connectivity index (χ3v) is 6.28. The van der Waals surface area contributed by atoms with Gasteiger partial charge in [0.2, 0.25) is 0 Å². The molecule has 4 rings (SSSR count). The first-order chi connectivity index (χ1) is 15.6. The Kier molecular flexibility index (Phi) is 6.73. The summed E-state index contributed by atoms with van der Waals surface area (Å²) >= 11 is 0. The van der Waals surface area contributed by atoms with Gasteiger partial charge in [-0.2, -0.15) is 5.10 Å². The van der Waals surface area contributed by atoms with Crippen molar-refractivity contribution < 1.29 is 14.3 Å². The molecule has 1 aliphatic rings. The fourth-order valence-electron chi connectivity index (χ4n) is 4.52. The summed E-state index contributed by atoms with van der Waals surface area (Å²) in [6, 6.07) is 9.33. The number of aromatic nitrogens is 3. The van der Waals surface area contributed by atoms with Crippen molar-refractivity contribution in [3.05, 3.63) is 60.2 Å². The number of nitrogens with one attached hydrogen (secondary N) is 1. The maximum Gasteiger partial charge on any atom is 0.255 e. The normalized spacial score (nSPS) is 18.2. The number of nitrogens with zero attached hydrogens (tertiary/aromatic N) is 3. The molecule has 0 radical (unpaired) electrons. The lowest BCUT2D eigenvalue weighted by Crippen LogP contribution is -2.31. The van der Waals surface area contributed by atoms with Crippen LogP contribution in [0, 0.1) is 5.92 Å². The number of aryl methyl sites for hydroxylation is 1. The van der Waals surface area contributed by atoms with Crippen molar-refractivity contribution in [1.82, 2.24) is 20.1 Å². The fraction of sp³-hybridized carbons (Fsp3) is 0.400. The maximum atomic E-state index is 12.8. The Morgan fingerprint density at radius 1 is 1.09 bits per heavy atom. The van der Waals surface area contributed by atoms with E-state index in [1.165, 1.54) is 11.3 Å². The van der Waals surface area contributed by atoms with Gasteiger partial charge in [0.15, 0.2) is 0 Å². The van der Waals surface area contributed by atoms with Crippen molar-refractivity contribution in [2.75, 3.05) is 20.8 Å². The van der Waals surface area contributed by atoms with Crippen LogP contribution in [-0.4, -0.2) is 41.4 Å². The van der Waals surface area contributed by atoms with Crippen molar-refractivity contribution in [3.8, 4) is 22.6 Å². The Bertz CT molecular complexity index is 1060. The molecule has 168 valence electrons. The van der Waals surface area contributed by atoms with Crippen molar-refractivity contribution >= 4 is 5.91 Å². The lowest BCUT2D eigenvalue weighted by Gasteiger charge is -2.28. The van der Waals surface area contributed by atoms with Gasteiger partial charge in [0, 0.05) is 43.7 Å². The molecule has 0 spiro atoms. The van der Waals surface area contributed by atoms with Gasteiger partial charge < -0.3 is 14.8 Å². The minimum absolute atomic E-state index is 0.132. The summed E-state index contributed by atoms with van der Waals surface area (Å²) in [5.74, 6) is 1.94. The summed E-state index contributed by atoms with van der Waals surface area (Å²) in [6.45, 7) is 0.658. The molecule has 0 saturated heterocycles. The monoisotopic (exact) mass is 434 g/mol. The number of amides is 1. The Morgan fingerprint density at radius 3 is 2.53 bits per heavy atom. The van der Waals surface area contributed by atoms with Crippen LogP contribution in [0.25, 0.3) is 11.1 Å². The highest BCUT2D eigenvalue weighted by atomic mass is 16.5. The molecule has 7 nitrogen and oxygen atoms in total. The molecule has 2 heterocycles. The molecule has 7 heteroatoms. The molecule has 1 saturated carbocycles. The standard InChI is InChI=1S/C25H30N4O3/c1-29-16-22(18-10-12-26-13-11-18)24(28-29)19-6-4-17(5-7-19)15-27-25(30)21-14-20(31-2)8-9-23(21)32-3/h8-14,16-17,19H,4-7,15H2,1-3H3,(H,27,30). The van der Waals surface area contributed by atoms with Crippen molar-refractivity contribution in [3.63, 3.8) is 0 Å². The number of methoxy groups -OCH3 is 2. The maximum absolute atomic E-state index is 12.8. The van der Waals surface area contributed by atoms with Gasteiger partial charge in [-0.05, 0) is 67.5 Å². The third kappa shape index (κ3) is 4.77. The average molecular weight is 435 g/mol. The Morgan fingerprint density at radius 2 is 1.84 bits per heavy atom. The molecule has 0 bridgehead atoms. The van der Waals surface area contributed by atoms with E-state index < -0.39 is 0 Å². The molecule has 1 fully saturated rings. The molecule has 1 amide bonds. The van der Waals surface area contributed by atoms with Gasteiger partial charge >= 0.3 is 0 Å². The molecule has 0 unspecified atom stereocenters. The number of carbonyl (C=O) groups is 1. The molecule has 1 aromatic carbocycles. The zero-order chi connectivity index (χ0) is 22.5. The van der Waals surface area contributed by atoms with Crippen LogP contribution in [0.1, 0.15) is 47.7 Å². The summed E-state index contributed by atoms with van der Waals surface area (Å²) in [7, 11) is 5.13. The highest BCUT2D eigenvalue weighted by Gasteiger charge is 2.27. The van der Waals surface area contributed by atoms with E-state index in [0.717, 1.165) is 31.2 Å². The number of ether oxygens (including phenoxy) is 2. The summed E-state index contributed by atoms with van der Waals surface area (Å²) < 4.78 is 12.5. The molecular formula is C25H30N4O3. The van der Waals surface area contributed by atoms with Crippen molar-refractivity contribution in [1.29, 1.82) is 0 Å². The zero-order valence-electron chi connectivity index (χ0n) is 18.9. The predicted octanol–water partition coefficient (Wildman–Crippen LogP) is 4.20. The van der Waals surface area contributed by atoms with E-state index >= 15 is 0 Å². The molecule has 1 aliphatic carbocycles. The summed E-state index contributed by atoms with van der Waals surface area (Å²) in [4.78, 5) is 16.9. The van der Waals surface area contributed by atoms with Gasteiger partial charge in [0.05, 0.1) is 25.5 Å². The molecule has 0 atom stereocenters. The molecule has 1 N–H and O–H groups in total. The molecule has 2 aromatic heterocycles. The van der Waals surface area contributed by atoms with Crippen LogP contribution >= 0.6 is 0 Å². The Labute approximate surface area is 188 Å². The number of carbonyl (C=O) groups excluding carboxylic acids is 1. The smallest absolute Gasteiger partial charge is 0.255 e. The number of rotatable bonds is 7. The van der Waals surface area contributed by atoms with Crippen molar-refractivity contribution in [2.24, 2.45) is 13.0 Å². The highest BCUT2D eigenvalue weighted by molar-refractivity contribution is 5.97. The second kappa shape index (κ2) is 9.85. The predicted molar refractivity (Wildman–Crippen MR) is 123 cm³/mol. The van der Waals surface area contributed by atoms with Crippen LogP contribution in [-0.2, 0) is 7.05 Å². The van der Waals surface area contributed by atoms with Crippen LogP contribution in [0.15, 0.2) is 48.9 Å². The second-order valence-corrected chi connectivity index (χ2v) is 8.33. The molecule has 3 aromatic rings. The fourth-order valence-corrected chi connectivity index (χ4v) is 4.52. The third-order valence-electron chi connectivity index (χ3n) is 6.28. The Balaban J connectivity index is 1.36. The Hall–Kier alpha value is -3.35. The highest BCUT2D eigenvalue weighted by Crippen LogP contribution is 2.39. The molecule has 32 heavy (non-hydrogen) atoms. The van der Waals surface area contributed by atoms with Gasteiger partial charge in [-0.1, -0.05) is 0 Å². The number of hydrogen-bond acceptors (Lipinski definition) is 5. The summed E-state index contributed by atoms with van der Waals surface area (Å²) in [6.07, 6.45) is 10.00. The van der Waals surface area contributed by atoms with Gasteiger partial charge in [0.1, 0.15) is 11.5 Å². The number of hydrogen-bond donors (Lipinski definition) is 1. The van der Waals surface area contributed by atoms with Gasteiger partial charge in [-0.3, -0.25) is 14.5 Å². The quantitative estimate of drug-likeness (QED) is 0.603. The minimum Gasteiger partial charge on any atom is -0.497 e. The first-order valence-electron chi connectivity index (χ1n) is 11.0. The first-order valence-corrected chi connectivity index (χ1v) is 11.0. The minimum atomic E-state index is -0.132. The second-order valence-electron chi connectivity index (χ2n) is 8.33. The van der Waals surface area contributed by atoms with Crippen LogP contribution in [0.3, 0.4) is 0 Å². The van der Waals surface area contributed by atoms with E-state index in [-0.39, 0.29) is 5.91 Å². The van der Waals surface area contributed by atoms with E-state index in [2.05, 4.69) is 16.5 Å². The zero-order valence-corrected chi connectivity index (χ0v) is 18.9. The lowest BCUT2D eigenvalue weighted by atomic mass is 9.79. The van der Waals surface area contributed by atoms with Crippen LogP contribution in [0.4, 0.5) is 0 Å². The summed E-state index contributed by atoms with van der Waals surface area (Å²) in [5.41, 5.74) is 4.01. The van der Waals surface area contributed by atoms with E-state index in [1.54, 1.807) is 32.4 Å². The SMILES string of the molecule is COc1ccc(OC)c(C(=O)NCC2CCC(c3nn(C)cc3-c3ccncc3)CC2)c1. The number of benzene rings is 1. The van der Waals surface area contributed by atoms with Gasteiger partial charge in [0.25, 0.3) is 5.91 Å². The van der Waals surface area contributed by atoms with Crippen molar-refractivity contribution in [2.45, 2.75) is 31.6 Å². The summed E-state index contributed by atoms with van der Waals surface area (Å²) in [5, 5.41) is 7.88. The lowest BCUT2D eigenvalue weighted by molar-refractivity contribution is 0.0939. The molecular weight excluding hydrogens is 404 g/mol. The van der Waals surface area contributed by atoms with Crippen LogP contribution in [0.2, 0.25) is 0 Å². The van der Waals surface area contributed by atoms with E-state index in [9.17, 15) is 4.79 Å². The first kappa shape index (κ1) is 21.9. The average Bonchev–Trinajstić information content (AvgIpc) is 3.24. The largest absolute Gasteiger partial charge is 0.497 e. The number of pyridine rings is 1. The van der Waals surface area contributed by atoms with Gasteiger partial charge in [-0.15, -0.1) is 0 Å². The van der Waals surface area contributed by atoms with E-state index in [1.807, 2.05) is 36.3 Å². The van der Waals surface area contributed by atoms with E-state index in [0.29, 0.717) is 35.4 Å². The topological polar surface area (TPSA) is 78.3 Å². The van der Waals surface area contributed by atoms with E-state index in [4.69, 9.17) is 14.6 Å². The van der Waals surface area contributed by atoms with Gasteiger partial charge in [-0.25, -0.2) is 0 Å². The van der Waals surface area contributed by atoms with Crippen LogP contribution in [0.5, 0.6) is 11.5 Å². The molecule has 0 aliphatic heterocycles. The van der Waals surface area contributed by atoms with Crippen LogP contribution < -0.4 is 14.8 Å².